The molecular formula is C11H11NO3. The molecular weight excluding hydrogens is 194 g/mol. The third kappa shape index (κ3) is 2.99. The van der Waals surface area contributed by atoms with Crippen molar-refractivity contribution in [3.63, 3.8) is 0 Å². The first-order chi connectivity index (χ1) is 7.17. The van der Waals surface area contributed by atoms with E-state index >= 15 is 0 Å². The highest BCUT2D eigenvalue weighted by molar-refractivity contribution is 5.60. The average Bonchev–Trinajstić information content (AvgIpc) is 2.28. The largest absolute Gasteiger partial charge is 0.508 e. The molecule has 1 rings (SSSR count). The molecule has 1 aromatic carbocycles. The molecule has 0 amide bonds. The Morgan fingerprint density at radius 1 is 1.53 bits per heavy atom. The minimum atomic E-state index is -0.732. The van der Waals surface area contributed by atoms with Crippen molar-refractivity contribution in [1.29, 1.82) is 5.26 Å². The lowest BCUT2D eigenvalue weighted by Crippen LogP contribution is -2.08. The van der Waals surface area contributed by atoms with Crippen molar-refractivity contribution in [2.75, 3.05) is 7.11 Å². The predicted octanol–water partition coefficient (Wildman–Crippen LogP) is 2.40. The predicted molar refractivity (Wildman–Crippen MR) is 53.1 cm³/mol. The quantitative estimate of drug-likeness (QED) is 0.695. The first-order valence-corrected chi connectivity index (χ1v) is 4.42. The minimum Gasteiger partial charge on any atom is -0.438 e. The normalized spacial score (nSPS) is 11.3. The van der Waals surface area contributed by atoms with Crippen LogP contribution in [0.15, 0.2) is 24.3 Å². The zero-order chi connectivity index (χ0) is 11.3. The van der Waals surface area contributed by atoms with E-state index in [0.29, 0.717) is 5.56 Å². The molecule has 0 fully saturated rings. The van der Waals surface area contributed by atoms with Crippen LogP contribution in [0.4, 0.5) is 4.79 Å². The van der Waals surface area contributed by atoms with Gasteiger partial charge in [-0.05, 0) is 24.6 Å². The molecule has 1 aromatic rings. The zero-order valence-electron chi connectivity index (χ0n) is 8.56. The summed E-state index contributed by atoms with van der Waals surface area (Å²) in [6.45, 7) is 1.72. The van der Waals surface area contributed by atoms with Gasteiger partial charge >= 0.3 is 6.16 Å². The fourth-order valence-electron chi connectivity index (χ4n) is 1.12. The molecule has 0 spiro atoms. The lowest BCUT2D eigenvalue weighted by molar-refractivity contribution is 0.0430. The molecule has 15 heavy (non-hydrogen) atoms. The number of nitrogens with zero attached hydrogens (tertiary/aromatic N) is 1. The molecule has 0 aliphatic carbocycles. The summed E-state index contributed by atoms with van der Waals surface area (Å²) in [6.07, 6.45) is -1.16. The molecule has 4 nitrogen and oxygen atoms in total. The summed E-state index contributed by atoms with van der Waals surface area (Å²) in [6, 6.07) is 8.91. The second-order valence-corrected chi connectivity index (χ2v) is 2.95. The molecule has 0 heterocycles. The number of carbonyl (C=O) groups excluding carboxylic acids is 1. The van der Waals surface area contributed by atoms with E-state index in [4.69, 9.17) is 10.00 Å². The molecule has 0 saturated heterocycles. The molecule has 0 aliphatic rings. The van der Waals surface area contributed by atoms with Gasteiger partial charge in [0.15, 0.2) is 0 Å². The van der Waals surface area contributed by atoms with Crippen molar-refractivity contribution in [1.82, 2.24) is 0 Å². The van der Waals surface area contributed by atoms with Crippen molar-refractivity contribution < 1.29 is 14.3 Å². The number of hydrogen-bond donors (Lipinski definition) is 0. The Bertz CT molecular complexity index is 395. The molecule has 0 bridgehead atoms. The summed E-state index contributed by atoms with van der Waals surface area (Å²) < 4.78 is 9.29. The fraction of sp³-hybridized carbons (Fsp3) is 0.273. The second-order valence-electron chi connectivity index (χ2n) is 2.95. The molecule has 78 valence electrons. The summed E-state index contributed by atoms with van der Waals surface area (Å²) in [7, 11) is 1.25. The summed E-state index contributed by atoms with van der Waals surface area (Å²) in [5, 5.41) is 8.69. The molecule has 0 radical (unpaired) electrons. The number of ether oxygens (including phenoxy) is 2. The molecule has 0 N–H and O–H groups in total. The van der Waals surface area contributed by atoms with E-state index < -0.39 is 12.3 Å². The molecule has 0 aliphatic heterocycles. The van der Waals surface area contributed by atoms with E-state index in [-0.39, 0.29) is 0 Å². The van der Waals surface area contributed by atoms with E-state index in [9.17, 15) is 4.79 Å². The number of methoxy groups -OCH3 is 1. The van der Waals surface area contributed by atoms with Crippen LogP contribution in [0, 0.1) is 11.3 Å². The van der Waals surface area contributed by atoms with E-state index in [1.165, 1.54) is 7.11 Å². The van der Waals surface area contributed by atoms with Crippen molar-refractivity contribution in [3.05, 3.63) is 35.4 Å². The number of benzene rings is 1. The highest BCUT2D eigenvalue weighted by Gasteiger charge is 2.11. The Kier molecular flexibility index (Phi) is 3.69. The van der Waals surface area contributed by atoms with Crippen LogP contribution in [0.25, 0.3) is 0 Å². The monoisotopic (exact) mass is 205 g/mol. The molecule has 1 unspecified atom stereocenters. The number of rotatable bonds is 2. The number of carbonyl (C=O) groups is 1. The second kappa shape index (κ2) is 5.01. The van der Waals surface area contributed by atoms with Gasteiger partial charge in [-0.15, -0.1) is 0 Å². The zero-order valence-corrected chi connectivity index (χ0v) is 8.56. The Morgan fingerprint density at radius 2 is 2.27 bits per heavy atom. The smallest absolute Gasteiger partial charge is 0.438 e. The van der Waals surface area contributed by atoms with Gasteiger partial charge in [0.05, 0.1) is 18.7 Å². The van der Waals surface area contributed by atoms with Crippen LogP contribution in [-0.2, 0) is 9.47 Å². The summed E-state index contributed by atoms with van der Waals surface area (Å²) in [5.74, 6) is 0. The van der Waals surface area contributed by atoms with E-state index in [1.54, 1.807) is 31.2 Å². The molecule has 1 atom stereocenters. The Morgan fingerprint density at radius 3 is 2.87 bits per heavy atom. The molecule has 0 aromatic heterocycles. The standard InChI is InChI=1S/C11H11NO3/c1-8(15-11(13)14-2)10-5-3-4-9(6-10)7-12/h3-6,8H,1-2H3. The van der Waals surface area contributed by atoms with Gasteiger partial charge in [-0.25, -0.2) is 4.79 Å². The topological polar surface area (TPSA) is 59.3 Å². The SMILES string of the molecule is COC(=O)OC(C)c1cccc(C#N)c1. The molecule has 4 heteroatoms. The number of nitriles is 1. The van der Waals surface area contributed by atoms with E-state index in [1.807, 2.05) is 6.07 Å². The third-order valence-corrected chi connectivity index (χ3v) is 1.92. The van der Waals surface area contributed by atoms with Gasteiger partial charge in [-0.3, -0.25) is 0 Å². The van der Waals surface area contributed by atoms with Crippen LogP contribution >= 0.6 is 0 Å². The Hall–Kier alpha value is -2.02. The van der Waals surface area contributed by atoms with Crippen molar-refractivity contribution >= 4 is 6.16 Å². The van der Waals surface area contributed by atoms with Crippen LogP contribution in [0.1, 0.15) is 24.2 Å². The lowest BCUT2D eigenvalue weighted by Gasteiger charge is -2.12. The summed E-state index contributed by atoms with van der Waals surface area (Å²) in [4.78, 5) is 10.8. The maximum atomic E-state index is 10.8. The first-order valence-electron chi connectivity index (χ1n) is 4.42. The maximum Gasteiger partial charge on any atom is 0.508 e. The van der Waals surface area contributed by atoms with Gasteiger partial charge in [-0.1, -0.05) is 12.1 Å². The summed E-state index contributed by atoms with van der Waals surface area (Å²) >= 11 is 0. The summed E-state index contributed by atoms with van der Waals surface area (Å²) in [5.41, 5.74) is 1.30. The van der Waals surface area contributed by atoms with Crippen LogP contribution in [0.2, 0.25) is 0 Å². The van der Waals surface area contributed by atoms with E-state index in [2.05, 4.69) is 4.74 Å². The number of hydrogen-bond acceptors (Lipinski definition) is 4. The minimum absolute atomic E-state index is 0.425. The van der Waals surface area contributed by atoms with Crippen LogP contribution in [0.3, 0.4) is 0 Å². The van der Waals surface area contributed by atoms with Gasteiger partial charge < -0.3 is 9.47 Å². The maximum absolute atomic E-state index is 10.8. The van der Waals surface area contributed by atoms with Gasteiger partial charge in [-0.2, -0.15) is 5.26 Å². The highest BCUT2D eigenvalue weighted by Crippen LogP contribution is 2.18. The van der Waals surface area contributed by atoms with Crippen molar-refractivity contribution in [2.24, 2.45) is 0 Å². The van der Waals surface area contributed by atoms with Crippen molar-refractivity contribution in [3.8, 4) is 6.07 Å². The Labute approximate surface area is 88.0 Å². The lowest BCUT2D eigenvalue weighted by atomic mass is 10.1. The average molecular weight is 205 g/mol. The van der Waals surface area contributed by atoms with Gasteiger partial charge in [0.1, 0.15) is 6.10 Å². The van der Waals surface area contributed by atoms with Crippen LogP contribution in [0.5, 0.6) is 0 Å². The van der Waals surface area contributed by atoms with Gasteiger partial charge in [0.25, 0.3) is 0 Å². The fourth-order valence-corrected chi connectivity index (χ4v) is 1.12. The highest BCUT2D eigenvalue weighted by atomic mass is 16.7. The Balaban J connectivity index is 2.78. The van der Waals surface area contributed by atoms with Crippen LogP contribution < -0.4 is 0 Å². The van der Waals surface area contributed by atoms with Gasteiger partial charge in [0, 0.05) is 0 Å². The van der Waals surface area contributed by atoms with Gasteiger partial charge in [0.2, 0.25) is 0 Å². The van der Waals surface area contributed by atoms with E-state index in [0.717, 1.165) is 5.56 Å². The third-order valence-electron chi connectivity index (χ3n) is 1.92. The first kappa shape index (κ1) is 11.1. The molecule has 0 saturated carbocycles. The van der Waals surface area contributed by atoms with Crippen LogP contribution in [-0.4, -0.2) is 13.3 Å². The van der Waals surface area contributed by atoms with Crippen molar-refractivity contribution in [2.45, 2.75) is 13.0 Å².